The summed E-state index contributed by atoms with van der Waals surface area (Å²) in [6, 6.07) is 13.5. The van der Waals surface area contributed by atoms with Gasteiger partial charge in [-0.25, -0.2) is 24.0 Å². The number of hydrogen-bond donors (Lipinski definition) is 3. The molecular weight excluding hydrogens is 436 g/mol. The number of carboxylic acid groups (broad SMARTS) is 3. The highest BCUT2D eigenvalue weighted by atomic mass is 16.5. The predicted octanol–water partition coefficient (Wildman–Crippen LogP) is 3.22. The summed E-state index contributed by atoms with van der Waals surface area (Å²) in [5.74, 6) is -7.00. The number of benzene rings is 3. The van der Waals surface area contributed by atoms with E-state index in [1.54, 1.807) is 0 Å². The molecule has 0 spiro atoms. The fraction of sp³-hybridized carbons (Fsp3) is 0. The van der Waals surface area contributed by atoms with Gasteiger partial charge in [-0.2, -0.15) is 0 Å². The Kier molecular flexibility index (Phi) is 6.49. The minimum Gasteiger partial charge on any atom is -0.478 e. The van der Waals surface area contributed by atoms with Gasteiger partial charge in [-0.05, 0) is 36.4 Å². The molecule has 3 rings (SSSR count). The highest BCUT2D eigenvalue weighted by Gasteiger charge is 2.21. The van der Waals surface area contributed by atoms with Crippen LogP contribution >= 0.6 is 0 Å². The molecule has 0 aliphatic rings. The lowest BCUT2D eigenvalue weighted by atomic mass is 10.1. The number of aromatic carboxylic acids is 3. The summed E-state index contributed by atoms with van der Waals surface area (Å²) in [6.45, 7) is 0. The van der Waals surface area contributed by atoms with Gasteiger partial charge in [-0.15, -0.1) is 0 Å². The summed E-state index contributed by atoms with van der Waals surface area (Å²) >= 11 is 0. The molecule has 0 fully saturated rings. The maximum absolute atomic E-state index is 12.5. The standard InChI is InChI=1S/C23H14O10/c24-19(25)12-9-13(32-22(30)17-7-3-1-5-15(17)20(26)27)11-14(10-12)33-23(31)18-8-4-2-6-16(18)21(28)29/h1-11H,(H,24,25)(H,26,27)(H,28,29). The van der Waals surface area contributed by atoms with Gasteiger partial charge in [-0.1, -0.05) is 24.3 Å². The molecule has 0 heterocycles. The van der Waals surface area contributed by atoms with Crippen molar-refractivity contribution in [1.82, 2.24) is 0 Å². The Balaban J connectivity index is 1.93. The van der Waals surface area contributed by atoms with Gasteiger partial charge >= 0.3 is 29.8 Å². The summed E-state index contributed by atoms with van der Waals surface area (Å²) in [5, 5.41) is 27.8. The third-order valence-electron chi connectivity index (χ3n) is 4.30. The second-order valence-electron chi connectivity index (χ2n) is 6.48. The first-order valence-corrected chi connectivity index (χ1v) is 9.14. The monoisotopic (exact) mass is 450 g/mol. The first-order valence-electron chi connectivity index (χ1n) is 9.14. The maximum Gasteiger partial charge on any atom is 0.344 e. The van der Waals surface area contributed by atoms with E-state index in [2.05, 4.69) is 0 Å². The van der Waals surface area contributed by atoms with E-state index in [-0.39, 0.29) is 33.8 Å². The average molecular weight is 450 g/mol. The van der Waals surface area contributed by atoms with Crippen LogP contribution in [0.2, 0.25) is 0 Å². The summed E-state index contributed by atoms with van der Waals surface area (Å²) < 4.78 is 10.2. The van der Waals surface area contributed by atoms with Crippen molar-refractivity contribution >= 4 is 29.8 Å². The molecule has 0 radical (unpaired) electrons. The van der Waals surface area contributed by atoms with Gasteiger partial charge in [0.1, 0.15) is 11.5 Å². The number of carbonyl (C=O) groups excluding carboxylic acids is 2. The normalized spacial score (nSPS) is 10.2. The molecule has 166 valence electrons. The summed E-state index contributed by atoms with van der Waals surface area (Å²) in [4.78, 5) is 59.1. The Bertz CT molecular complexity index is 1200. The lowest BCUT2D eigenvalue weighted by molar-refractivity contribution is 0.0662. The van der Waals surface area contributed by atoms with E-state index < -0.39 is 35.4 Å². The molecule has 0 atom stereocenters. The number of ether oxygens (including phenoxy) is 2. The SMILES string of the molecule is O=C(O)c1cc(OC(=O)c2ccccc2C(=O)O)cc(OC(=O)c2ccccc2C(=O)O)c1. The van der Waals surface area contributed by atoms with Gasteiger partial charge in [0, 0.05) is 6.07 Å². The molecule has 33 heavy (non-hydrogen) atoms. The smallest absolute Gasteiger partial charge is 0.344 e. The molecule has 0 amide bonds. The zero-order chi connectivity index (χ0) is 24.1. The third kappa shape index (κ3) is 5.20. The number of carboxylic acids is 3. The molecule has 0 unspecified atom stereocenters. The molecule has 0 saturated carbocycles. The summed E-state index contributed by atoms with van der Waals surface area (Å²) in [5.41, 5.74) is -1.61. The van der Waals surface area contributed by atoms with Crippen LogP contribution in [0.1, 0.15) is 51.8 Å². The van der Waals surface area contributed by atoms with Crippen LogP contribution in [0.3, 0.4) is 0 Å². The van der Waals surface area contributed by atoms with Crippen molar-refractivity contribution in [3.8, 4) is 11.5 Å². The van der Waals surface area contributed by atoms with E-state index in [4.69, 9.17) is 9.47 Å². The Morgan fingerprint density at radius 2 is 0.879 bits per heavy atom. The van der Waals surface area contributed by atoms with Gasteiger partial charge in [-0.3, -0.25) is 0 Å². The minimum atomic E-state index is -1.43. The van der Waals surface area contributed by atoms with Crippen LogP contribution in [0, 0.1) is 0 Å². The van der Waals surface area contributed by atoms with Crippen LogP contribution in [0.4, 0.5) is 0 Å². The van der Waals surface area contributed by atoms with E-state index in [1.807, 2.05) is 0 Å². The van der Waals surface area contributed by atoms with Crippen LogP contribution < -0.4 is 9.47 Å². The molecule has 10 nitrogen and oxygen atoms in total. The van der Waals surface area contributed by atoms with Gasteiger partial charge < -0.3 is 24.8 Å². The van der Waals surface area contributed by atoms with Crippen molar-refractivity contribution in [3.05, 3.63) is 94.5 Å². The molecule has 0 aliphatic heterocycles. The van der Waals surface area contributed by atoms with Crippen LogP contribution in [-0.2, 0) is 0 Å². The summed E-state index contributed by atoms with van der Waals surface area (Å²) in [6.07, 6.45) is 0. The average Bonchev–Trinajstić information content (AvgIpc) is 2.78. The number of rotatable bonds is 7. The van der Waals surface area contributed by atoms with E-state index in [0.717, 1.165) is 18.2 Å². The Hall–Kier alpha value is -4.99. The molecule has 0 bridgehead atoms. The predicted molar refractivity (Wildman–Crippen MR) is 110 cm³/mol. The Morgan fingerprint density at radius 3 is 1.21 bits per heavy atom. The van der Waals surface area contributed by atoms with Crippen molar-refractivity contribution in [3.63, 3.8) is 0 Å². The van der Waals surface area contributed by atoms with Crippen molar-refractivity contribution in [1.29, 1.82) is 0 Å². The molecular formula is C23H14O10. The number of carbonyl (C=O) groups is 5. The number of esters is 2. The van der Waals surface area contributed by atoms with Crippen LogP contribution in [0.5, 0.6) is 11.5 Å². The first kappa shape index (κ1) is 22.7. The van der Waals surface area contributed by atoms with E-state index in [1.165, 1.54) is 48.5 Å². The zero-order valence-electron chi connectivity index (χ0n) is 16.6. The van der Waals surface area contributed by atoms with Crippen molar-refractivity contribution in [2.24, 2.45) is 0 Å². The number of hydrogen-bond acceptors (Lipinski definition) is 7. The topological polar surface area (TPSA) is 164 Å². The first-order chi connectivity index (χ1) is 15.7. The lowest BCUT2D eigenvalue weighted by Crippen LogP contribution is -2.16. The minimum absolute atomic E-state index is 0.278. The molecule has 3 aromatic rings. The lowest BCUT2D eigenvalue weighted by Gasteiger charge is -2.11. The van der Waals surface area contributed by atoms with Gasteiger partial charge in [0.2, 0.25) is 0 Å². The Labute approximate surface area is 185 Å². The second-order valence-corrected chi connectivity index (χ2v) is 6.48. The molecule has 10 heteroatoms. The van der Waals surface area contributed by atoms with Gasteiger partial charge in [0.25, 0.3) is 0 Å². The van der Waals surface area contributed by atoms with E-state index in [9.17, 15) is 39.3 Å². The quantitative estimate of drug-likeness (QED) is 0.359. The van der Waals surface area contributed by atoms with E-state index in [0.29, 0.717) is 0 Å². The van der Waals surface area contributed by atoms with Crippen LogP contribution in [0.25, 0.3) is 0 Å². The van der Waals surface area contributed by atoms with Crippen LogP contribution in [-0.4, -0.2) is 45.2 Å². The van der Waals surface area contributed by atoms with Crippen LogP contribution in [0.15, 0.2) is 66.7 Å². The fourth-order valence-corrected chi connectivity index (χ4v) is 2.83. The van der Waals surface area contributed by atoms with Crippen molar-refractivity contribution < 1.29 is 48.8 Å². The second kappa shape index (κ2) is 9.43. The molecule has 0 saturated heterocycles. The van der Waals surface area contributed by atoms with Crippen molar-refractivity contribution in [2.45, 2.75) is 0 Å². The highest BCUT2D eigenvalue weighted by Crippen LogP contribution is 2.26. The highest BCUT2D eigenvalue weighted by molar-refractivity contribution is 6.04. The molecule has 3 aromatic carbocycles. The molecule has 0 aliphatic carbocycles. The third-order valence-corrected chi connectivity index (χ3v) is 4.30. The van der Waals surface area contributed by atoms with Gasteiger partial charge in [0.05, 0.1) is 27.8 Å². The fourth-order valence-electron chi connectivity index (χ4n) is 2.83. The molecule has 3 N–H and O–H groups in total. The largest absolute Gasteiger partial charge is 0.478 e. The van der Waals surface area contributed by atoms with E-state index >= 15 is 0 Å². The summed E-state index contributed by atoms with van der Waals surface area (Å²) in [7, 11) is 0. The zero-order valence-corrected chi connectivity index (χ0v) is 16.6. The maximum atomic E-state index is 12.5. The van der Waals surface area contributed by atoms with Gasteiger partial charge in [0.15, 0.2) is 0 Å². The Morgan fingerprint density at radius 1 is 0.515 bits per heavy atom. The molecule has 0 aromatic heterocycles. The van der Waals surface area contributed by atoms with Crippen molar-refractivity contribution in [2.75, 3.05) is 0 Å².